The molecule has 142 valence electrons. The van der Waals surface area contributed by atoms with Gasteiger partial charge in [0.25, 0.3) is 11.8 Å². The molecule has 3 aromatic carbocycles. The molecule has 0 atom stereocenters. The summed E-state index contributed by atoms with van der Waals surface area (Å²) in [6, 6.07) is 22.5. The number of anilines is 1. The Balaban J connectivity index is 1.68. The number of nitrogens with one attached hydrogen (secondary N) is 2. The van der Waals surface area contributed by atoms with E-state index in [0.29, 0.717) is 17.7 Å². The Hall–Kier alpha value is -3.40. The van der Waals surface area contributed by atoms with Crippen molar-refractivity contribution in [3.63, 3.8) is 0 Å². The number of amides is 2. The van der Waals surface area contributed by atoms with Crippen molar-refractivity contribution < 1.29 is 9.59 Å². The summed E-state index contributed by atoms with van der Waals surface area (Å²) in [5.41, 5.74) is 4.99. The van der Waals surface area contributed by atoms with Gasteiger partial charge in [-0.2, -0.15) is 0 Å². The van der Waals surface area contributed by atoms with Crippen LogP contribution < -0.4 is 10.6 Å². The van der Waals surface area contributed by atoms with E-state index in [1.807, 2.05) is 62.4 Å². The first kappa shape index (κ1) is 19.4. The summed E-state index contributed by atoms with van der Waals surface area (Å²) in [6.45, 7) is 4.52. The zero-order valence-electron chi connectivity index (χ0n) is 16.2. The normalized spacial score (nSPS) is 10.4. The first-order valence-corrected chi connectivity index (χ1v) is 9.40. The molecule has 0 saturated heterocycles. The van der Waals surface area contributed by atoms with E-state index in [9.17, 15) is 9.59 Å². The third-order valence-corrected chi connectivity index (χ3v) is 4.61. The lowest BCUT2D eigenvalue weighted by Gasteiger charge is -2.11. The Morgan fingerprint density at radius 2 is 1.50 bits per heavy atom. The smallest absolute Gasteiger partial charge is 0.255 e. The summed E-state index contributed by atoms with van der Waals surface area (Å²) in [5.74, 6) is -0.432. The maximum Gasteiger partial charge on any atom is 0.255 e. The summed E-state index contributed by atoms with van der Waals surface area (Å²) in [7, 11) is 0. The van der Waals surface area contributed by atoms with Crippen LogP contribution >= 0.6 is 0 Å². The van der Waals surface area contributed by atoms with Gasteiger partial charge in [-0.25, -0.2) is 0 Å². The Kier molecular flexibility index (Phi) is 6.22. The number of carbonyl (C=O) groups excluding carboxylic acids is 2. The van der Waals surface area contributed by atoms with E-state index < -0.39 is 0 Å². The second-order valence-electron chi connectivity index (χ2n) is 6.71. The van der Waals surface area contributed by atoms with E-state index in [4.69, 9.17) is 0 Å². The van der Waals surface area contributed by atoms with E-state index >= 15 is 0 Å². The van der Waals surface area contributed by atoms with E-state index in [1.54, 1.807) is 24.3 Å². The topological polar surface area (TPSA) is 58.2 Å². The van der Waals surface area contributed by atoms with Crippen LogP contribution in [0.25, 0.3) is 0 Å². The molecule has 2 N–H and O–H groups in total. The highest BCUT2D eigenvalue weighted by Gasteiger charge is 2.12. The molecule has 0 spiro atoms. The standard InChI is InChI=1S/C24H24N2O2/c1-3-19-7-4-5-10-22(19)26-24(28)21-9-6-8-20(15-21)23(27)25-16-18-13-11-17(2)12-14-18/h4-15H,3,16H2,1-2H3,(H,25,27)(H,26,28). The lowest BCUT2D eigenvalue weighted by molar-refractivity contribution is 0.0951. The van der Waals surface area contributed by atoms with Gasteiger partial charge >= 0.3 is 0 Å². The molecule has 0 radical (unpaired) electrons. The molecular formula is C24H24N2O2. The summed E-state index contributed by atoms with van der Waals surface area (Å²) in [4.78, 5) is 25.1. The lowest BCUT2D eigenvalue weighted by atomic mass is 10.1. The maximum atomic E-state index is 12.6. The number of hydrogen-bond donors (Lipinski definition) is 2. The highest BCUT2D eigenvalue weighted by atomic mass is 16.2. The van der Waals surface area contributed by atoms with Crippen molar-refractivity contribution in [3.8, 4) is 0 Å². The van der Waals surface area contributed by atoms with Crippen LogP contribution in [0.2, 0.25) is 0 Å². The van der Waals surface area contributed by atoms with Gasteiger partial charge in [0, 0.05) is 23.4 Å². The number of carbonyl (C=O) groups is 2. The van der Waals surface area contributed by atoms with Crippen molar-refractivity contribution in [3.05, 3.63) is 101 Å². The van der Waals surface area contributed by atoms with E-state index in [1.165, 1.54) is 5.56 Å². The third-order valence-electron chi connectivity index (χ3n) is 4.61. The van der Waals surface area contributed by atoms with E-state index in [0.717, 1.165) is 23.2 Å². The fraction of sp³-hybridized carbons (Fsp3) is 0.167. The molecule has 3 rings (SSSR count). The predicted octanol–water partition coefficient (Wildman–Crippen LogP) is 4.74. The van der Waals surface area contributed by atoms with Crippen LogP contribution in [0.1, 0.15) is 44.3 Å². The molecule has 0 saturated carbocycles. The van der Waals surface area contributed by atoms with E-state index in [-0.39, 0.29) is 11.8 Å². The summed E-state index contributed by atoms with van der Waals surface area (Å²) in [5, 5.41) is 5.83. The Morgan fingerprint density at radius 3 is 2.21 bits per heavy atom. The fourth-order valence-electron chi connectivity index (χ4n) is 2.94. The number of rotatable bonds is 6. The quantitative estimate of drug-likeness (QED) is 0.657. The zero-order chi connectivity index (χ0) is 19.9. The van der Waals surface area contributed by atoms with Crippen LogP contribution in [0, 0.1) is 6.92 Å². The SMILES string of the molecule is CCc1ccccc1NC(=O)c1cccc(C(=O)NCc2ccc(C)cc2)c1. The molecule has 2 amide bonds. The van der Waals surface area contributed by atoms with Gasteiger partial charge in [0.15, 0.2) is 0 Å². The number of benzene rings is 3. The van der Waals surface area contributed by atoms with Crippen LogP contribution in [0.15, 0.2) is 72.8 Å². The molecule has 0 heterocycles. The zero-order valence-corrected chi connectivity index (χ0v) is 16.2. The number of para-hydroxylation sites is 1. The van der Waals surface area contributed by atoms with Crippen LogP contribution in [-0.2, 0) is 13.0 Å². The molecule has 0 aliphatic rings. The molecule has 0 aliphatic carbocycles. The van der Waals surface area contributed by atoms with Crippen LogP contribution in [0.3, 0.4) is 0 Å². The fourth-order valence-corrected chi connectivity index (χ4v) is 2.94. The first-order chi connectivity index (χ1) is 13.6. The summed E-state index contributed by atoms with van der Waals surface area (Å²) in [6.07, 6.45) is 0.831. The molecule has 4 nitrogen and oxygen atoms in total. The minimum Gasteiger partial charge on any atom is -0.348 e. The van der Waals surface area contributed by atoms with Gasteiger partial charge in [0.1, 0.15) is 0 Å². The largest absolute Gasteiger partial charge is 0.348 e. The van der Waals surface area contributed by atoms with Crippen molar-refractivity contribution in [2.24, 2.45) is 0 Å². The Morgan fingerprint density at radius 1 is 0.821 bits per heavy atom. The lowest BCUT2D eigenvalue weighted by Crippen LogP contribution is -2.23. The number of hydrogen-bond acceptors (Lipinski definition) is 2. The maximum absolute atomic E-state index is 12.6. The van der Waals surface area contributed by atoms with Crippen molar-refractivity contribution in [2.75, 3.05) is 5.32 Å². The first-order valence-electron chi connectivity index (χ1n) is 9.40. The minimum atomic E-state index is -0.228. The molecule has 28 heavy (non-hydrogen) atoms. The van der Waals surface area contributed by atoms with Gasteiger partial charge < -0.3 is 10.6 Å². The average molecular weight is 372 g/mol. The van der Waals surface area contributed by atoms with E-state index in [2.05, 4.69) is 10.6 Å². The van der Waals surface area contributed by atoms with Gasteiger partial charge in [0.05, 0.1) is 0 Å². The minimum absolute atomic E-state index is 0.204. The summed E-state index contributed by atoms with van der Waals surface area (Å²) >= 11 is 0. The molecule has 0 aliphatic heterocycles. The van der Waals surface area contributed by atoms with Gasteiger partial charge in [-0.1, -0.05) is 61.0 Å². The van der Waals surface area contributed by atoms with Crippen molar-refractivity contribution >= 4 is 17.5 Å². The molecule has 0 aromatic heterocycles. The molecular weight excluding hydrogens is 348 g/mol. The van der Waals surface area contributed by atoms with Gasteiger partial charge in [0.2, 0.25) is 0 Å². The molecule has 0 fully saturated rings. The Bertz CT molecular complexity index is 978. The van der Waals surface area contributed by atoms with Crippen molar-refractivity contribution in [1.82, 2.24) is 5.32 Å². The van der Waals surface area contributed by atoms with Crippen molar-refractivity contribution in [2.45, 2.75) is 26.8 Å². The van der Waals surface area contributed by atoms with Gasteiger partial charge in [-0.15, -0.1) is 0 Å². The molecule has 4 heteroatoms. The second kappa shape index (κ2) is 9.00. The molecule has 0 unspecified atom stereocenters. The molecule has 0 bridgehead atoms. The van der Waals surface area contributed by atoms with Crippen LogP contribution in [0.4, 0.5) is 5.69 Å². The molecule has 3 aromatic rings. The number of aryl methyl sites for hydroxylation is 2. The monoisotopic (exact) mass is 372 g/mol. The highest BCUT2D eigenvalue weighted by molar-refractivity contribution is 6.06. The van der Waals surface area contributed by atoms with Crippen LogP contribution in [-0.4, -0.2) is 11.8 Å². The van der Waals surface area contributed by atoms with Gasteiger partial charge in [-0.3, -0.25) is 9.59 Å². The van der Waals surface area contributed by atoms with Crippen LogP contribution in [0.5, 0.6) is 0 Å². The summed E-state index contributed by atoms with van der Waals surface area (Å²) < 4.78 is 0. The van der Waals surface area contributed by atoms with Gasteiger partial charge in [-0.05, 0) is 48.7 Å². The Labute approximate surface area is 165 Å². The predicted molar refractivity (Wildman–Crippen MR) is 113 cm³/mol. The third kappa shape index (κ3) is 4.86. The second-order valence-corrected chi connectivity index (χ2v) is 6.71. The highest BCUT2D eigenvalue weighted by Crippen LogP contribution is 2.17. The van der Waals surface area contributed by atoms with Crippen molar-refractivity contribution in [1.29, 1.82) is 0 Å². The average Bonchev–Trinajstić information content (AvgIpc) is 2.73.